The van der Waals surface area contributed by atoms with Crippen LogP contribution in [-0.2, 0) is 14.6 Å². The minimum Gasteiger partial charge on any atom is -0.480 e. The van der Waals surface area contributed by atoms with Crippen molar-refractivity contribution in [2.45, 2.75) is 31.2 Å². The molecule has 0 bridgehead atoms. The Kier molecular flexibility index (Phi) is 5.48. The van der Waals surface area contributed by atoms with E-state index in [4.69, 9.17) is 5.11 Å². The van der Waals surface area contributed by atoms with Gasteiger partial charge in [0.05, 0.1) is 16.2 Å². The third-order valence-electron chi connectivity index (χ3n) is 3.18. The number of rotatable bonds is 6. The second kappa shape index (κ2) is 6.71. The maximum atomic E-state index is 12.4. The van der Waals surface area contributed by atoms with Crippen LogP contribution < -0.4 is 0 Å². The molecular formula is C14H19NO5S. The highest BCUT2D eigenvalue weighted by Crippen LogP contribution is 2.20. The molecule has 0 radical (unpaired) electrons. The number of carbonyl (C=O) groups excluding carboxylic acids is 1. The van der Waals surface area contributed by atoms with E-state index >= 15 is 0 Å². The highest BCUT2D eigenvalue weighted by molar-refractivity contribution is 7.91. The Morgan fingerprint density at radius 1 is 1.29 bits per heavy atom. The smallest absolute Gasteiger partial charge is 0.326 e. The van der Waals surface area contributed by atoms with Crippen molar-refractivity contribution in [3.63, 3.8) is 0 Å². The van der Waals surface area contributed by atoms with Crippen LogP contribution in [0.5, 0.6) is 0 Å². The number of aliphatic carboxylic acids is 1. The molecule has 1 atom stereocenters. The van der Waals surface area contributed by atoms with Crippen LogP contribution in [0.4, 0.5) is 0 Å². The summed E-state index contributed by atoms with van der Waals surface area (Å²) in [6.45, 7) is 3.10. The van der Waals surface area contributed by atoms with Gasteiger partial charge in [0.1, 0.15) is 6.04 Å². The molecule has 1 amide bonds. The van der Waals surface area contributed by atoms with E-state index < -0.39 is 27.8 Å². The van der Waals surface area contributed by atoms with Crippen LogP contribution in [0.1, 0.15) is 30.6 Å². The molecule has 0 spiro atoms. The third-order valence-corrected chi connectivity index (χ3v) is 5.16. The van der Waals surface area contributed by atoms with Crippen LogP contribution in [-0.4, -0.2) is 49.1 Å². The summed E-state index contributed by atoms with van der Waals surface area (Å²) in [4.78, 5) is 24.3. The zero-order valence-electron chi connectivity index (χ0n) is 12.2. The van der Waals surface area contributed by atoms with E-state index in [1.54, 1.807) is 19.1 Å². The summed E-state index contributed by atoms with van der Waals surface area (Å²) in [7, 11) is -2.22. The van der Waals surface area contributed by atoms with Crippen LogP contribution >= 0.6 is 0 Å². The molecule has 0 fully saturated rings. The summed E-state index contributed by atoms with van der Waals surface area (Å²) in [5.41, 5.74) is 0.00144. The van der Waals surface area contributed by atoms with E-state index in [2.05, 4.69) is 0 Å². The summed E-state index contributed by atoms with van der Waals surface area (Å²) in [6.07, 6.45) is 0.437. The van der Waals surface area contributed by atoms with Crippen LogP contribution in [0.2, 0.25) is 0 Å². The minimum absolute atomic E-state index is 0.00144. The zero-order chi connectivity index (χ0) is 16.2. The van der Waals surface area contributed by atoms with E-state index in [0.717, 1.165) is 4.90 Å². The molecular weight excluding hydrogens is 294 g/mol. The summed E-state index contributed by atoms with van der Waals surface area (Å²) in [6, 6.07) is 4.82. The fraction of sp³-hybridized carbons (Fsp3) is 0.429. The standard InChI is InChI=1S/C14H19NO5S/c1-4-9-21(19,20)12-8-6-5-7-11(12)13(16)15(3)10(2)14(17)18/h5-8,10H,4,9H2,1-3H3,(H,17,18). The van der Waals surface area contributed by atoms with Gasteiger partial charge in [0.25, 0.3) is 5.91 Å². The number of nitrogens with zero attached hydrogens (tertiary/aromatic N) is 1. The molecule has 0 saturated carbocycles. The first-order valence-electron chi connectivity index (χ1n) is 6.54. The highest BCUT2D eigenvalue weighted by atomic mass is 32.2. The number of carboxylic acid groups (broad SMARTS) is 1. The van der Waals surface area contributed by atoms with Gasteiger partial charge in [-0.3, -0.25) is 4.79 Å². The van der Waals surface area contributed by atoms with Gasteiger partial charge in [-0.1, -0.05) is 19.1 Å². The van der Waals surface area contributed by atoms with Crippen molar-refractivity contribution in [3.05, 3.63) is 29.8 Å². The average molecular weight is 313 g/mol. The van der Waals surface area contributed by atoms with E-state index in [9.17, 15) is 18.0 Å². The number of benzene rings is 1. The number of amides is 1. The van der Waals surface area contributed by atoms with Crippen molar-refractivity contribution in [1.29, 1.82) is 0 Å². The van der Waals surface area contributed by atoms with Gasteiger partial charge in [-0.15, -0.1) is 0 Å². The van der Waals surface area contributed by atoms with Crippen molar-refractivity contribution >= 4 is 21.7 Å². The van der Waals surface area contributed by atoms with E-state index in [0.29, 0.717) is 6.42 Å². The van der Waals surface area contributed by atoms with Gasteiger partial charge >= 0.3 is 5.97 Å². The molecule has 0 heterocycles. The highest BCUT2D eigenvalue weighted by Gasteiger charge is 2.27. The fourth-order valence-corrected chi connectivity index (χ4v) is 3.36. The fourth-order valence-electron chi connectivity index (χ4n) is 1.82. The Balaban J connectivity index is 3.27. The molecule has 1 aromatic carbocycles. The van der Waals surface area contributed by atoms with Gasteiger partial charge in [-0.05, 0) is 25.5 Å². The lowest BCUT2D eigenvalue weighted by Gasteiger charge is -2.22. The molecule has 1 rings (SSSR count). The van der Waals surface area contributed by atoms with Crippen LogP contribution in [0.3, 0.4) is 0 Å². The molecule has 0 saturated heterocycles. The topological polar surface area (TPSA) is 91.8 Å². The maximum absolute atomic E-state index is 12.4. The van der Waals surface area contributed by atoms with Crippen molar-refractivity contribution in [2.24, 2.45) is 0 Å². The van der Waals surface area contributed by atoms with E-state index in [1.807, 2.05) is 0 Å². The molecule has 116 valence electrons. The first-order chi connectivity index (χ1) is 9.72. The van der Waals surface area contributed by atoms with E-state index in [-0.39, 0.29) is 16.2 Å². The molecule has 1 N–H and O–H groups in total. The van der Waals surface area contributed by atoms with Crippen molar-refractivity contribution < 1.29 is 23.1 Å². The quantitative estimate of drug-likeness (QED) is 0.857. The van der Waals surface area contributed by atoms with Crippen molar-refractivity contribution in [1.82, 2.24) is 4.90 Å². The monoisotopic (exact) mass is 313 g/mol. The number of hydrogen-bond donors (Lipinski definition) is 1. The molecule has 0 aliphatic rings. The number of sulfone groups is 1. The molecule has 0 aliphatic carbocycles. The number of carboxylic acids is 1. The Labute approximate surface area is 124 Å². The molecule has 1 aromatic rings. The largest absolute Gasteiger partial charge is 0.480 e. The second-order valence-corrected chi connectivity index (χ2v) is 6.82. The minimum atomic E-state index is -3.56. The number of hydrogen-bond acceptors (Lipinski definition) is 4. The summed E-state index contributed by atoms with van der Waals surface area (Å²) in [5, 5.41) is 8.95. The second-order valence-electron chi connectivity index (χ2n) is 4.75. The normalized spacial score (nSPS) is 12.7. The predicted octanol–water partition coefficient (Wildman–Crippen LogP) is 1.42. The Hall–Kier alpha value is -1.89. The van der Waals surface area contributed by atoms with E-state index in [1.165, 1.54) is 26.1 Å². The van der Waals surface area contributed by atoms with Gasteiger partial charge in [-0.25, -0.2) is 13.2 Å². The number of carbonyl (C=O) groups is 2. The lowest BCUT2D eigenvalue weighted by molar-refractivity contribution is -0.141. The molecule has 0 aliphatic heterocycles. The third kappa shape index (κ3) is 3.81. The summed E-state index contributed by atoms with van der Waals surface area (Å²) in [5.74, 6) is -1.84. The lowest BCUT2D eigenvalue weighted by atomic mass is 10.2. The molecule has 7 heteroatoms. The Morgan fingerprint density at radius 3 is 2.38 bits per heavy atom. The molecule has 1 unspecified atom stereocenters. The molecule has 21 heavy (non-hydrogen) atoms. The molecule has 0 aromatic heterocycles. The van der Waals surface area contributed by atoms with Gasteiger partial charge in [0, 0.05) is 7.05 Å². The van der Waals surface area contributed by atoms with Gasteiger partial charge < -0.3 is 10.0 Å². The Morgan fingerprint density at radius 2 is 1.86 bits per heavy atom. The summed E-state index contributed by atoms with van der Waals surface area (Å²) < 4.78 is 24.4. The maximum Gasteiger partial charge on any atom is 0.326 e. The predicted molar refractivity (Wildman–Crippen MR) is 78.0 cm³/mol. The van der Waals surface area contributed by atoms with Crippen molar-refractivity contribution in [3.8, 4) is 0 Å². The van der Waals surface area contributed by atoms with Crippen LogP contribution in [0.25, 0.3) is 0 Å². The SMILES string of the molecule is CCCS(=O)(=O)c1ccccc1C(=O)N(C)C(C)C(=O)O. The first-order valence-corrected chi connectivity index (χ1v) is 8.19. The van der Waals surface area contributed by atoms with Gasteiger partial charge in [0.2, 0.25) is 0 Å². The van der Waals surface area contributed by atoms with Crippen LogP contribution in [0, 0.1) is 0 Å². The first kappa shape index (κ1) is 17.2. The summed E-state index contributed by atoms with van der Waals surface area (Å²) >= 11 is 0. The van der Waals surface area contributed by atoms with Crippen molar-refractivity contribution in [2.75, 3.05) is 12.8 Å². The van der Waals surface area contributed by atoms with Gasteiger partial charge in [-0.2, -0.15) is 0 Å². The van der Waals surface area contributed by atoms with Gasteiger partial charge in [0.15, 0.2) is 9.84 Å². The van der Waals surface area contributed by atoms with Crippen LogP contribution in [0.15, 0.2) is 29.2 Å². The zero-order valence-corrected chi connectivity index (χ0v) is 13.1. The molecule has 6 nitrogen and oxygen atoms in total. The lowest BCUT2D eigenvalue weighted by Crippen LogP contribution is -2.40. The number of likely N-dealkylation sites (N-methyl/N-ethyl adjacent to an activating group) is 1. The average Bonchev–Trinajstić information content (AvgIpc) is 2.44. The Bertz CT molecular complexity index is 639.